The molecule has 0 spiro atoms. The smallest absolute Gasteiger partial charge is 0.123 e. The summed E-state index contributed by atoms with van der Waals surface area (Å²) in [7, 11) is 3.72. The van der Waals surface area contributed by atoms with Gasteiger partial charge in [-0.15, -0.1) is 0 Å². The molecule has 1 atom stereocenters. The van der Waals surface area contributed by atoms with E-state index in [4.69, 9.17) is 11.6 Å². The maximum absolute atomic E-state index is 13.1. The number of aliphatic hydroxyl groups is 1. The normalized spacial score (nSPS) is 14.2. The maximum Gasteiger partial charge on any atom is 0.123 e. The van der Waals surface area contributed by atoms with Gasteiger partial charge in [-0.25, -0.2) is 4.39 Å². The van der Waals surface area contributed by atoms with Gasteiger partial charge in [0.2, 0.25) is 0 Å². The van der Waals surface area contributed by atoms with E-state index in [2.05, 4.69) is 0 Å². The van der Waals surface area contributed by atoms with Crippen LogP contribution < -0.4 is 0 Å². The van der Waals surface area contributed by atoms with Crippen molar-refractivity contribution in [3.05, 3.63) is 34.6 Å². The summed E-state index contributed by atoms with van der Waals surface area (Å²) in [6.07, 6.45) is -0.842. The SMILES string of the molecule is CN(C)C(C)(C)C(O)c1cc(F)ccc1Cl. The van der Waals surface area contributed by atoms with Gasteiger partial charge in [0.25, 0.3) is 0 Å². The van der Waals surface area contributed by atoms with Crippen LogP contribution in [0.3, 0.4) is 0 Å². The molecule has 16 heavy (non-hydrogen) atoms. The molecule has 0 fully saturated rings. The summed E-state index contributed by atoms with van der Waals surface area (Å²) < 4.78 is 13.1. The summed E-state index contributed by atoms with van der Waals surface area (Å²) in [5, 5.41) is 10.6. The Hall–Kier alpha value is -0.640. The van der Waals surface area contributed by atoms with Crippen LogP contribution in [0.4, 0.5) is 4.39 Å². The molecule has 0 radical (unpaired) electrons. The summed E-state index contributed by atoms with van der Waals surface area (Å²) in [6, 6.07) is 4.01. The van der Waals surface area contributed by atoms with Crippen molar-refractivity contribution < 1.29 is 9.50 Å². The monoisotopic (exact) mass is 245 g/mol. The number of rotatable bonds is 3. The third-order valence-electron chi connectivity index (χ3n) is 3.07. The minimum absolute atomic E-state index is 0.379. The van der Waals surface area contributed by atoms with Crippen molar-refractivity contribution in [1.82, 2.24) is 4.90 Å². The van der Waals surface area contributed by atoms with Crippen molar-refractivity contribution in [2.24, 2.45) is 0 Å². The lowest BCUT2D eigenvalue weighted by molar-refractivity contribution is 0.0163. The molecule has 0 amide bonds. The fourth-order valence-electron chi connectivity index (χ4n) is 1.35. The largest absolute Gasteiger partial charge is 0.386 e. The molecule has 4 heteroatoms. The number of aliphatic hydroxyl groups excluding tert-OH is 1. The van der Waals surface area contributed by atoms with Gasteiger partial charge in [-0.05, 0) is 46.1 Å². The Labute approximate surface area is 101 Å². The fourth-order valence-corrected chi connectivity index (χ4v) is 1.57. The van der Waals surface area contributed by atoms with E-state index in [1.54, 1.807) is 0 Å². The Balaban J connectivity index is 3.14. The second-order valence-corrected chi connectivity index (χ2v) is 5.02. The number of halogens is 2. The molecule has 0 aliphatic heterocycles. The zero-order valence-electron chi connectivity index (χ0n) is 9.96. The average Bonchev–Trinajstić information content (AvgIpc) is 2.20. The van der Waals surface area contributed by atoms with Crippen LogP contribution in [0.5, 0.6) is 0 Å². The summed E-state index contributed by atoms with van der Waals surface area (Å²) in [5.41, 5.74) is -0.0994. The molecule has 0 saturated carbocycles. The highest BCUT2D eigenvalue weighted by Crippen LogP contribution is 2.33. The van der Waals surface area contributed by atoms with Gasteiger partial charge < -0.3 is 10.0 Å². The summed E-state index contributed by atoms with van der Waals surface area (Å²) in [4.78, 5) is 1.87. The van der Waals surface area contributed by atoms with Crippen LogP contribution in [-0.2, 0) is 0 Å². The van der Waals surface area contributed by atoms with Gasteiger partial charge in [0, 0.05) is 16.1 Å². The van der Waals surface area contributed by atoms with Gasteiger partial charge in [0.1, 0.15) is 5.82 Å². The predicted molar refractivity (Wildman–Crippen MR) is 64.1 cm³/mol. The molecular weight excluding hydrogens is 229 g/mol. The van der Waals surface area contributed by atoms with E-state index < -0.39 is 17.5 Å². The zero-order chi connectivity index (χ0) is 12.5. The van der Waals surface area contributed by atoms with Crippen molar-refractivity contribution in [1.29, 1.82) is 0 Å². The minimum atomic E-state index is -0.842. The maximum atomic E-state index is 13.1. The van der Waals surface area contributed by atoms with E-state index in [9.17, 15) is 9.50 Å². The molecule has 1 unspecified atom stereocenters. The molecule has 0 saturated heterocycles. The Morgan fingerprint density at radius 1 is 1.38 bits per heavy atom. The first-order valence-electron chi connectivity index (χ1n) is 5.07. The van der Waals surface area contributed by atoms with Crippen molar-refractivity contribution >= 4 is 11.6 Å². The van der Waals surface area contributed by atoms with Crippen LogP contribution in [0.15, 0.2) is 18.2 Å². The molecule has 1 rings (SSSR count). The standard InChI is InChI=1S/C12H17ClFNO/c1-12(2,15(3)4)11(16)9-7-8(14)5-6-10(9)13/h5-7,11,16H,1-4H3. The molecular formula is C12H17ClFNO. The zero-order valence-corrected chi connectivity index (χ0v) is 10.7. The summed E-state index contributed by atoms with van der Waals surface area (Å²) in [6.45, 7) is 3.75. The lowest BCUT2D eigenvalue weighted by Gasteiger charge is -2.37. The molecule has 90 valence electrons. The highest BCUT2D eigenvalue weighted by molar-refractivity contribution is 6.31. The third-order valence-corrected chi connectivity index (χ3v) is 3.42. The van der Waals surface area contributed by atoms with Gasteiger partial charge in [-0.2, -0.15) is 0 Å². The molecule has 0 bridgehead atoms. The quantitative estimate of drug-likeness (QED) is 0.885. The van der Waals surface area contributed by atoms with Gasteiger partial charge in [0.05, 0.1) is 6.10 Å². The van der Waals surface area contributed by atoms with E-state index in [1.807, 2.05) is 32.8 Å². The van der Waals surface area contributed by atoms with Crippen molar-refractivity contribution in [2.45, 2.75) is 25.5 Å². The number of nitrogens with zero attached hydrogens (tertiary/aromatic N) is 1. The highest BCUT2D eigenvalue weighted by atomic mass is 35.5. The Morgan fingerprint density at radius 2 is 1.94 bits per heavy atom. The number of benzene rings is 1. The van der Waals surface area contributed by atoms with Gasteiger partial charge in [-0.3, -0.25) is 0 Å². The van der Waals surface area contributed by atoms with E-state index in [1.165, 1.54) is 18.2 Å². The first kappa shape index (κ1) is 13.4. The lowest BCUT2D eigenvalue weighted by Crippen LogP contribution is -2.43. The predicted octanol–water partition coefficient (Wildman–Crippen LogP) is 2.85. The van der Waals surface area contributed by atoms with Crippen molar-refractivity contribution in [2.75, 3.05) is 14.1 Å². The second-order valence-electron chi connectivity index (χ2n) is 4.62. The number of hydrogen-bond acceptors (Lipinski definition) is 2. The topological polar surface area (TPSA) is 23.5 Å². The van der Waals surface area contributed by atoms with Gasteiger partial charge in [0.15, 0.2) is 0 Å². The Morgan fingerprint density at radius 3 is 2.44 bits per heavy atom. The molecule has 1 aromatic rings. The van der Waals surface area contributed by atoms with Crippen molar-refractivity contribution in [3.8, 4) is 0 Å². The molecule has 0 aromatic heterocycles. The third kappa shape index (κ3) is 2.54. The van der Waals surface area contributed by atoms with Gasteiger partial charge >= 0.3 is 0 Å². The van der Waals surface area contributed by atoms with Crippen LogP contribution >= 0.6 is 11.6 Å². The van der Waals surface area contributed by atoms with Crippen LogP contribution in [0.2, 0.25) is 5.02 Å². The minimum Gasteiger partial charge on any atom is -0.386 e. The van der Waals surface area contributed by atoms with Crippen molar-refractivity contribution in [3.63, 3.8) is 0 Å². The van der Waals surface area contributed by atoms with E-state index >= 15 is 0 Å². The summed E-state index contributed by atoms with van der Waals surface area (Å²) >= 11 is 5.96. The average molecular weight is 246 g/mol. The number of hydrogen-bond donors (Lipinski definition) is 1. The molecule has 1 aromatic carbocycles. The highest BCUT2D eigenvalue weighted by Gasteiger charge is 2.32. The fraction of sp³-hybridized carbons (Fsp3) is 0.500. The molecule has 0 heterocycles. The molecule has 2 nitrogen and oxygen atoms in total. The van der Waals surface area contributed by atoms with Gasteiger partial charge in [-0.1, -0.05) is 11.6 Å². The second kappa shape index (κ2) is 4.70. The first-order chi connectivity index (χ1) is 7.26. The van der Waals surface area contributed by atoms with Crippen LogP contribution in [0.25, 0.3) is 0 Å². The first-order valence-corrected chi connectivity index (χ1v) is 5.45. The number of likely N-dealkylation sites (N-methyl/N-ethyl adjacent to an activating group) is 1. The molecule has 1 N–H and O–H groups in total. The van der Waals surface area contributed by atoms with Crippen LogP contribution in [0, 0.1) is 5.82 Å². The Bertz CT molecular complexity index is 379. The van der Waals surface area contributed by atoms with Crippen LogP contribution in [-0.4, -0.2) is 29.6 Å². The van der Waals surface area contributed by atoms with E-state index in [0.29, 0.717) is 10.6 Å². The molecule has 0 aliphatic carbocycles. The Kier molecular flexibility index (Phi) is 3.94. The van der Waals surface area contributed by atoms with E-state index in [-0.39, 0.29) is 0 Å². The molecule has 0 aliphatic rings. The summed E-state index contributed by atoms with van der Waals surface area (Å²) in [5.74, 6) is -0.395. The van der Waals surface area contributed by atoms with Crippen LogP contribution in [0.1, 0.15) is 25.5 Å². The lowest BCUT2D eigenvalue weighted by atomic mass is 9.90. The van der Waals surface area contributed by atoms with E-state index in [0.717, 1.165) is 0 Å².